The Morgan fingerprint density at radius 3 is 2.78 bits per heavy atom. The Balaban J connectivity index is 1.99. The van der Waals surface area contributed by atoms with Gasteiger partial charge in [0.15, 0.2) is 0 Å². The molecule has 1 atom stereocenters. The highest BCUT2D eigenvalue weighted by molar-refractivity contribution is 5.91. The minimum absolute atomic E-state index is 0.0590. The molecular formula is C15H22N2O. The van der Waals surface area contributed by atoms with Crippen molar-refractivity contribution in [1.82, 2.24) is 0 Å². The van der Waals surface area contributed by atoms with Crippen LogP contribution in [0.4, 0.5) is 5.69 Å². The van der Waals surface area contributed by atoms with Crippen LogP contribution in [0.25, 0.3) is 0 Å². The van der Waals surface area contributed by atoms with E-state index >= 15 is 0 Å². The van der Waals surface area contributed by atoms with E-state index in [0.29, 0.717) is 13.0 Å². The molecule has 0 saturated heterocycles. The zero-order valence-electron chi connectivity index (χ0n) is 11.0. The van der Waals surface area contributed by atoms with Gasteiger partial charge >= 0.3 is 0 Å². The smallest absolute Gasteiger partial charge is 0.224 e. The summed E-state index contributed by atoms with van der Waals surface area (Å²) in [6, 6.07) is 6.28. The van der Waals surface area contributed by atoms with Crippen molar-refractivity contribution in [3.63, 3.8) is 0 Å². The number of hydrogen-bond acceptors (Lipinski definition) is 2. The van der Waals surface area contributed by atoms with Gasteiger partial charge in [-0.05, 0) is 61.4 Å². The third-order valence-electron chi connectivity index (χ3n) is 3.57. The molecule has 0 radical (unpaired) electrons. The van der Waals surface area contributed by atoms with Crippen molar-refractivity contribution in [2.45, 2.75) is 39.0 Å². The third-order valence-corrected chi connectivity index (χ3v) is 3.57. The molecule has 0 aliphatic heterocycles. The summed E-state index contributed by atoms with van der Waals surface area (Å²) in [5.41, 5.74) is 9.28. The first kappa shape index (κ1) is 13.1. The van der Waals surface area contributed by atoms with Crippen molar-refractivity contribution in [1.29, 1.82) is 0 Å². The van der Waals surface area contributed by atoms with Gasteiger partial charge in [0.2, 0.25) is 5.91 Å². The third kappa shape index (κ3) is 3.33. The second kappa shape index (κ2) is 6.01. The normalized spacial score (nSPS) is 15.9. The van der Waals surface area contributed by atoms with E-state index in [1.165, 1.54) is 30.4 Å². The molecule has 0 spiro atoms. The standard InChI is InChI=1S/C15H22N2O/c1-11(10-16)8-15(18)17-14-7-6-12-4-2-3-5-13(12)9-14/h6-7,9,11H,2-5,8,10,16H2,1H3,(H,17,18). The van der Waals surface area contributed by atoms with Crippen LogP contribution < -0.4 is 11.1 Å². The van der Waals surface area contributed by atoms with Crippen molar-refractivity contribution in [2.24, 2.45) is 11.7 Å². The van der Waals surface area contributed by atoms with Crippen molar-refractivity contribution >= 4 is 11.6 Å². The Hall–Kier alpha value is -1.35. The number of anilines is 1. The maximum absolute atomic E-state index is 11.8. The van der Waals surface area contributed by atoms with Crippen LogP contribution in [0.5, 0.6) is 0 Å². The lowest BCUT2D eigenvalue weighted by atomic mass is 9.91. The van der Waals surface area contributed by atoms with Crippen LogP contribution in [0.3, 0.4) is 0 Å². The lowest BCUT2D eigenvalue weighted by Gasteiger charge is -2.17. The fourth-order valence-electron chi connectivity index (χ4n) is 2.42. The number of nitrogens with two attached hydrogens (primary N) is 1. The number of carbonyl (C=O) groups is 1. The first-order chi connectivity index (χ1) is 8.69. The first-order valence-electron chi connectivity index (χ1n) is 6.80. The SMILES string of the molecule is CC(CN)CC(=O)Nc1ccc2c(c1)CCCC2. The lowest BCUT2D eigenvalue weighted by Crippen LogP contribution is -2.20. The second-order valence-electron chi connectivity index (χ2n) is 5.28. The van der Waals surface area contributed by atoms with Crippen molar-refractivity contribution < 1.29 is 4.79 Å². The van der Waals surface area contributed by atoms with E-state index in [-0.39, 0.29) is 11.8 Å². The van der Waals surface area contributed by atoms with E-state index < -0.39 is 0 Å². The fourth-order valence-corrected chi connectivity index (χ4v) is 2.42. The zero-order valence-corrected chi connectivity index (χ0v) is 11.0. The minimum Gasteiger partial charge on any atom is -0.330 e. The number of fused-ring (bicyclic) bond motifs is 1. The number of carbonyl (C=O) groups excluding carboxylic acids is 1. The van der Waals surface area contributed by atoms with Gasteiger partial charge in [0, 0.05) is 12.1 Å². The zero-order chi connectivity index (χ0) is 13.0. The molecule has 3 N–H and O–H groups in total. The number of amides is 1. The highest BCUT2D eigenvalue weighted by atomic mass is 16.1. The van der Waals surface area contributed by atoms with E-state index in [1.807, 2.05) is 13.0 Å². The number of benzene rings is 1. The molecule has 0 fully saturated rings. The largest absolute Gasteiger partial charge is 0.330 e. The van der Waals surface area contributed by atoms with E-state index in [9.17, 15) is 4.79 Å². The number of hydrogen-bond donors (Lipinski definition) is 2. The molecule has 1 unspecified atom stereocenters. The highest BCUT2D eigenvalue weighted by Crippen LogP contribution is 2.24. The summed E-state index contributed by atoms with van der Waals surface area (Å²) >= 11 is 0. The quantitative estimate of drug-likeness (QED) is 0.857. The molecular weight excluding hydrogens is 224 g/mol. The van der Waals surface area contributed by atoms with Crippen molar-refractivity contribution in [3.8, 4) is 0 Å². The second-order valence-corrected chi connectivity index (χ2v) is 5.28. The Morgan fingerprint density at radius 2 is 2.06 bits per heavy atom. The van der Waals surface area contributed by atoms with Crippen LogP contribution in [-0.4, -0.2) is 12.5 Å². The Morgan fingerprint density at radius 1 is 1.33 bits per heavy atom. The van der Waals surface area contributed by atoms with Crippen molar-refractivity contribution in [3.05, 3.63) is 29.3 Å². The summed E-state index contributed by atoms with van der Waals surface area (Å²) in [6.07, 6.45) is 5.35. The van der Waals surface area contributed by atoms with Crippen LogP contribution in [0, 0.1) is 5.92 Å². The molecule has 1 aliphatic rings. The molecule has 3 heteroatoms. The summed E-state index contributed by atoms with van der Waals surface area (Å²) in [5.74, 6) is 0.298. The molecule has 0 bridgehead atoms. The maximum Gasteiger partial charge on any atom is 0.224 e. The van der Waals surface area contributed by atoms with Gasteiger partial charge in [-0.2, -0.15) is 0 Å². The highest BCUT2D eigenvalue weighted by Gasteiger charge is 2.11. The Bertz CT molecular complexity index is 429. The summed E-state index contributed by atoms with van der Waals surface area (Å²) < 4.78 is 0. The van der Waals surface area contributed by atoms with E-state index in [2.05, 4.69) is 17.4 Å². The first-order valence-corrected chi connectivity index (χ1v) is 6.80. The number of rotatable bonds is 4. The predicted molar refractivity (Wildman–Crippen MR) is 74.5 cm³/mol. The molecule has 1 aromatic rings. The summed E-state index contributed by atoms with van der Waals surface area (Å²) in [4.78, 5) is 11.8. The molecule has 0 saturated carbocycles. The van der Waals surface area contributed by atoms with E-state index in [1.54, 1.807) is 0 Å². The maximum atomic E-state index is 11.8. The van der Waals surface area contributed by atoms with Gasteiger partial charge in [-0.3, -0.25) is 4.79 Å². The van der Waals surface area contributed by atoms with Gasteiger partial charge in [-0.25, -0.2) is 0 Å². The summed E-state index contributed by atoms with van der Waals surface area (Å²) in [7, 11) is 0. The Kier molecular flexibility index (Phi) is 4.37. The van der Waals surface area contributed by atoms with Gasteiger partial charge in [0.25, 0.3) is 0 Å². The van der Waals surface area contributed by atoms with Gasteiger partial charge in [0.05, 0.1) is 0 Å². The summed E-state index contributed by atoms with van der Waals surface area (Å²) in [6.45, 7) is 2.55. The molecule has 98 valence electrons. The van der Waals surface area contributed by atoms with Gasteiger partial charge < -0.3 is 11.1 Å². The van der Waals surface area contributed by atoms with Gasteiger partial charge in [0.1, 0.15) is 0 Å². The topological polar surface area (TPSA) is 55.1 Å². The van der Waals surface area contributed by atoms with Crippen LogP contribution in [-0.2, 0) is 17.6 Å². The molecule has 0 aromatic heterocycles. The van der Waals surface area contributed by atoms with Gasteiger partial charge in [-0.1, -0.05) is 13.0 Å². The fraction of sp³-hybridized carbons (Fsp3) is 0.533. The lowest BCUT2D eigenvalue weighted by molar-refractivity contribution is -0.116. The minimum atomic E-state index is 0.0590. The molecule has 1 aromatic carbocycles. The van der Waals surface area contributed by atoms with Crippen LogP contribution in [0.2, 0.25) is 0 Å². The molecule has 1 amide bonds. The number of aryl methyl sites for hydroxylation is 2. The molecule has 3 nitrogen and oxygen atoms in total. The monoisotopic (exact) mass is 246 g/mol. The van der Waals surface area contributed by atoms with Crippen LogP contribution >= 0.6 is 0 Å². The van der Waals surface area contributed by atoms with Crippen LogP contribution in [0.15, 0.2) is 18.2 Å². The molecule has 2 rings (SSSR count). The van der Waals surface area contributed by atoms with E-state index in [0.717, 1.165) is 12.1 Å². The van der Waals surface area contributed by atoms with Crippen molar-refractivity contribution in [2.75, 3.05) is 11.9 Å². The Labute approximate surface area is 109 Å². The van der Waals surface area contributed by atoms with Crippen LogP contribution in [0.1, 0.15) is 37.3 Å². The summed E-state index contributed by atoms with van der Waals surface area (Å²) in [5, 5.41) is 2.96. The predicted octanol–water partition coefficient (Wildman–Crippen LogP) is 2.49. The van der Waals surface area contributed by atoms with Gasteiger partial charge in [-0.15, -0.1) is 0 Å². The molecule has 1 aliphatic carbocycles. The molecule has 18 heavy (non-hydrogen) atoms. The average molecular weight is 246 g/mol. The average Bonchev–Trinajstić information content (AvgIpc) is 2.38. The van der Waals surface area contributed by atoms with E-state index in [4.69, 9.17) is 5.73 Å². The molecule has 0 heterocycles. The number of nitrogens with one attached hydrogen (secondary N) is 1.